The highest BCUT2D eigenvalue weighted by molar-refractivity contribution is 6.30. The number of hydrogen-bond donors (Lipinski definition) is 1. The highest BCUT2D eigenvalue weighted by Crippen LogP contribution is 2.36. The Morgan fingerprint density at radius 2 is 1.70 bits per heavy atom. The van der Waals surface area contributed by atoms with E-state index in [2.05, 4.69) is 5.32 Å². The van der Waals surface area contributed by atoms with Gasteiger partial charge in [-0.25, -0.2) is 4.79 Å². The Balaban J connectivity index is 1.52. The molecule has 0 atom stereocenters. The number of esters is 1. The molecule has 0 unspecified atom stereocenters. The van der Waals surface area contributed by atoms with Crippen molar-refractivity contribution in [1.29, 1.82) is 0 Å². The van der Waals surface area contributed by atoms with Crippen molar-refractivity contribution < 1.29 is 23.9 Å². The molecule has 4 rings (SSSR count). The van der Waals surface area contributed by atoms with Gasteiger partial charge in [0.25, 0.3) is 5.91 Å². The second-order valence-electron chi connectivity index (χ2n) is 9.67. The average Bonchev–Trinajstić information content (AvgIpc) is 3.14. The molecule has 1 aliphatic carbocycles. The van der Waals surface area contributed by atoms with Crippen LogP contribution in [0.15, 0.2) is 59.4 Å². The molecule has 7 nitrogen and oxygen atoms in total. The van der Waals surface area contributed by atoms with E-state index in [1.165, 1.54) is 13.5 Å². The molecule has 7 heteroatoms. The zero-order valence-corrected chi connectivity index (χ0v) is 21.9. The smallest absolute Gasteiger partial charge is 0.343 e. The van der Waals surface area contributed by atoms with Gasteiger partial charge in [0.05, 0.1) is 12.8 Å². The van der Waals surface area contributed by atoms with Crippen molar-refractivity contribution in [3.63, 3.8) is 0 Å². The molecule has 0 radical (unpaired) electrons. The Labute approximate surface area is 218 Å². The van der Waals surface area contributed by atoms with Crippen LogP contribution in [0.2, 0.25) is 0 Å². The normalized spacial score (nSPS) is 17.4. The SMILES string of the molecule is COC(=O)C1=C(C)N(c2ccc(C)c(C)c2)/C(=C\c2ccc(OCC(=O)NC3CCCCC3)cc2)C1=O. The van der Waals surface area contributed by atoms with Crippen molar-refractivity contribution in [1.82, 2.24) is 5.32 Å². The van der Waals surface area contributed by atoms with Crippen molar-refractivity contribution in [2.24, 2.45) is 0 Å². The largest absolute Gasteiger partial charge is 0.484 e. The second kappa shape index (κ2) is 11.5. The predicted octanol–water partition coefficient (Wildman–Crippen LogP) is 5.01. The summed E-state index contributed by atoms with van der Waals surface area (Å²) >= 11 is 0. The first kappa shape index (κ1) is 26.2. The summed E-state index contributed by atoms with van der Waals surface area (Å²) in [6.45, 7) is 5.74. The van der Waals surface area contributed by atoms with Crippen molar-refractivity contribution in [3.05, 3.63) is 76.1 Å². The molecule has 0 bridgehead atoms. The van der Waals surface area contributed by atoms with E-state index in [0.717, 1.165) is 48.1 Å². The molecule has 2 aliphatic rings. The van der Waals surface area contributed by atoms with Gasteiger partial charge in [-0.3, -0.25) is 9.59 Å². The van der Waals surface area contributed by atoms with E-state index in [0.29, 0.717) is 17.1 Å². The molecule has 0 spiro atoms. The monoisotopic (exact) mass is 502 g/mol. The van der Waals surface area contributed by atoms with Crippen LogP contribution >= 0.6 is 0 Å². The lowest BCUT2D eigenvalue weighted by Crippen LogP contribution is -2.38. The lowest BCUT2D eigenvalue weighted by atomic mass is 9.95. The number of anilines is 1. The summed E-state index contributed by atoms with van der Waals surface area (Å²) in [4.78, 5) is 39.8. The number of amides is 1. The number of rotatable bonds is 7. The molecule has 0 saturated heterocycles. The Hall–Kier alpha value is -3.87. The molecule has 37 heavy (non-hydrogen) atoms. The summed E-state index contributed by atoms with van der Waals surface area (Å²) in [6.07, 6.45) is 7.35. The van der Waals surface area contributed by atoms with Gasteiger partial charge in [-0.15, -0.1) is 0 Å². The number of allylic oxidation sites excluding steroid dienone is 2. The van der Waals surface area contributed by atoms with Gasteiger partial charge in [-0.05, 0) is 80.6 Å². The molecule has 1 aliphatic heterocycles. The molecule has 1 fully saturated rings. The number of nitrogens with one attached hydrogen (secondary N) is 1. The van der Waals surface area contributed by atoms with Gasteiger partial charge in [0, 0.05) is 17.4 Å². The highest BCUT2D eigenvalue weighted by atomic mass is 16.5. The van der Waals surface area contributed by atoms with Gasteiger partial charge in [-0.1, -0.05) is 37.5 Å². The van der Waals surface area contributed by atoms with Crippen LogP contribution in [0.1, 0.15) is 55.7 Å². The van der Waals surface area contributed by atoms with E-state index in [9.17, 15) is 14.4 Å². The molecule has 2 aromatic carbocycles. The van der Waals surface area contributed by atoms with Gasteiger partial charge in [0.1, 0.15) is 11.3 Å². The third-order valence-corrected chi connectivity index (χ3v) is 7.06. The van der Waals surface area contributed by atoms with Crippen molar-refractivity contribution in [3.8, 4) is 5.75 Å². The first-order chi connectivity index (χ1) is 17.8. The Morgan fingerprint density at radius 1 is 1.00 bits per heavy atom. The highest BCUT2D eigenvalue weighted by Gasteiger charge is 2.38. The maximum Gasteiger partial charge on any atom is 0.343 e. The van der Waals surface area contributed by atoms with Crippen LogP contribution in [0.5, 0.6) is 5.75 Å². The third kappa shape index (κ3) is 5.93. The van der Waals surface area contributed by atoms with Crippen molar-refractivity contribution >= 4 is 29.4 Å². The van der Waals surface area contributed by atoms with Gasteiger partial charge >= 0.3 is 5.97 Å². The van der Waals surface area contributed by atoms with Gasteiger partial charge in [0.15, 0.2) is 6.61 Å². The molecule has 194 valence electrons. The number of carbonyl (C=O) groups excluding carboxylic acids is 3. The average molecular weight is 503 g/mol. The minimum atomic E-state index is -0.657. The van der Waals surface area contributed by atoms with Crippen LogP contribution < -0.4 is 15.0 Å². The van der Waals surface area contributed by atoms with Crippen LogP contribution in [0.25, 0.3) is 6.08 Å². The minimum Gasteiger partial charge on any atom is -0.484 e. The first-order valence-electron chi connectivity index (χ1n) is 12.7. The quantitative estimate of drug-likeness (QED) is 0.326. The van der Waals surface area contributed by atoms with E-state index < -0.39 is 5.97 Å². The second-order valence-corrected chi connectivity index (χ2v) is 9.67. The molecule has 0 aromatic heterocycles. The zero-order valence-electron chi connectivity index (χ0n) is 21.9. The van der Waals surface area contributed by atoms with Crippen molar-refractivity contribution in [2.75, 3.05) is 18.6 Å². The first-order valence-corrected chi connectivity index (χ1v) is 12.7. The van der Waals surface area contributed by atoms with Gasteiger partial charge < -0.3 is 19.7 Å². The van der Waals surface area contributed by atoms with Crippen LogP contribution in [-0.4, -0.2) is 37.4 Å². The van der Waals surface area contributed by atoms with Crippen LogP contribution in [0, 0.1) is 13.8 Å². The fourth-order valence-corrected chi connectivity index (χ4v) is 4.84. The minimum absolute atomic E-state index is 0.0240. The summed E-state index contributed by atoms with van der Waals surface area (Å²) in [5.74, 6) is -0.595. The number of ether oxygens (including phenoxy) is 2. The van der Waals surface area contributed by atoms with Crippen LogP contribution in [0.3, 0.4) is 0 Å². The number of methoxy groups -OCH3 is 1. The molecule has 2 aromatic rings. The van der Waals surface area contributed by atoms with Crippen LogP contribution in [0.4, 0.5) is 5.69 Å². The number of ketones is 1. The topological polar surface area (TPSA) is 84.9 Å². The number of aryl methyl sites for hydroxylation is 2. The van der Waals surface area contributed by atoms with E-state index >= 15 is 0 Å². The van der Waals surface area contributed by atoms with Gasteiger partial charge in [0.2, 0.25) is 5.78 Å². The standard InChI is InChI=1S/C30H34N2O5/c1-19-10-13-24(16-20(19)2)32-21(3)28(30(35)36-4)29(34)26(32)17-22-11-14-25(15-12-22)37-18-27(33)31-23-8-6-5-7-9-23/h10-17,23H,5-9,18H2,1-4H3,(H,31,33)/b26-17-. The summed E-state index contributed by atoms with van der Waals surface area (Å²) in [7, 11) is 1.27. The maximum atomic E-state index is 13.3. The van der Waals surface area contributed by atoms with E-state index in [4.69, 9.17) is 9.47 Å². The Bertz CT molecular complexity index is 1250. The fourth-order valence-electron chi connectivity index (χ4n) is 4.84. The van der Waals surface area contributed by atoms with E-state index in [1.54, 1.807) is 30.0 Å². The van der Waals surface area contributed by atoms with Crippen molar-refractivity contribution in [2.45, 2.75) is 58.9 Å². The molecule has 1 amide bonds. The number of carbonyl (C=O) groups is 3. The Kier molecular flexibility index (Phi) is 8.11. The lowest BCUT2D eigenvalue weighted by Gasteiger charge is -2.23. The van der Waals surface area contributed by atoms with E-state index in [-0.39, 0.29) is 29.9 Å². The molecular formula is C30H34N2O5. The molecular weight excluding hydrogens is 468 g/mol. The molecule has 1 heterocycles. The summed E-state index contributed by atoms with van der Waals surface area (Å²) in [6, 6.07) is 13.3. The summed E-state index contributed by atoms with van der Waals surface area (Å²) in [5, 5.41) is 3.04. The summed E-state index contributed by atoms with van der Waals surface area (Å²) < 4.78 is 10.6. The number of Topliss-reactive ketones (excluding diaryl/α,β-unsaturated/α-hetero) is 1. The van der Waals surface area contributed by atoms with Gasteiger partial charge in [-0.2, -0.15) is 0 Å². The number of benzene rings is 2. The number of hydrogen-bond acceptors (Lipinski definition) is 6. The predicted molar refractivity (Wildman–Crippen MR) is 143 cm³/mol. The molecule has 1 saturated carbocycles. The number of nitrogens with zero attached hydrogens (tertiary/aromatic N) is 1. The zero-order chi connectivity index (χ0) is 26.5. The van der Waals surface area contributed by atoms with E-state index in [1.807, 2.05) is 44.2 Å². The third-order valence-electron chi connectivity index (χ3n) is 7.06. The lowest BCUT2D eigenvalue weighted by molar-refractivity contribution is -0.137. The fraction of sp³-hybridized carbons (Fsp3) is 0.367. The maximum absolute atomic E-state index is 13.3. The van der Waals surface area contributed by atoms with Crippen LogP contribution in [-0.2, 0) is 19.1 Å². The molecule has 1 N–H and O–H groups in total. The summed E-state index contributed by atoms with van der Waals surface area (Å²) in [5.41, 5.74) is 4.68. The Morgan fingerprint density at radius 3 is 2.35 bits per heavy atom.